The molecule has 8 nitrogen and oxygen atoms in total. The van der Waals surface area contributed by atoms with Crippen LogP contribution in [0.5, 0.6) is 0 Å². The van der Waals surface area contributed by atoms with E-state index in [-0.39, 0.29) is 29.4 Å². The molecule has 148 valence electrons. The predicted molar refractivity (Wildman–Crippen MR) is 104 cm³/mol. The van der Waals surface area contributed by atoms with Gasteiger partial charge in [-0.3, -0.25) is 14.6 Å². The van der Waals surface area contributed by atoms with E-state index in [1.165, 1.54) is 18.3 Å². The first-order valence-electron chi connectivity index (χ1n) is 8.91. The number of carbonyl (C=O) groups is 1. The van der Waals surface area contributed by atoms with Crippen LogP contribution in [0.2, 0.25) is 0 Å². The van der Waals surface area contributed by atoms with Crippen molar-refractivity contribution in [2.45, 2.75) is 32.7 Å². The fraction of sp³-hybridized carbons (Fsp3) is 0.368. The highest BCUT2D eigenvalue weighted by Crippen LogP contribution is 2.19. The summed E-state index contributed by atoms with van der Waals surface area (Å²) in [6.45, 7) is 6.05. The summed E-state index contributed by atoms with van der Waals surface area (Å²) < 4.78 is 14.7. The van der Waals surface area contributed by atoms with E-state index < -0.39 is 11.8 Å². The number of rotatable bonds is 6. The molecule has 0 fully saturated rings. The Morgan fingerprint density at radius 1 is 1.32 bits per heavy atom. The summed E-state index contributed by atoms with van der Waals surface area (Å²) in [6, 6.07) is 5.89. The number of hydrogen-bond acceptors (Lipinski definition) is 5. The van der Waals surface area contributed by atoms with Crippen molar-refractivity contribution in [3.05, 3.63) is 52.2 Å². The zero-order valence-electron chi connectivity index (χ0n) is 16.0. The van der Waals surface area contributed by atoms with Crippen molar-refractivity contribution in [3.63, 3.8) is 0 Å². The maximum Gasteiger partial charge on any atom is 0.263 e. The second kappa shape index (κ2) is 7.41. The number of carbonyl (C=O) groups excluding carboxylic acids is 1. The van der Waals surface area contributed by atoms with E-state index in [9.17, 15) is 14.0 Å². The molecule has 0 spiro atoms. The summed E-state index contributed by atoms with van der Waals surface area (Å²) in [5.41, 5.74) is 6.07. The molecule has 3 aromatic rings. The molecule has 1 amide bonds. The SMILES string of the molecule is CC(C)(C)n1ncc2c(=O)[nH]c(NCC(Cc3ccc(F)cc3)C(N)=O)nc21. The average molecular weight is 386 g/mol. The summed E-state index contributed by atoms with van der Waals surface area (Å²) in [5, 5.41) is 7.62. The summed E-state index contributed by atoms with van der Waals surface area (Å²) in [4.78, 5) is 31.2. The Kier molecular flexibility index (Phi) is 5.17. The lowest BCUT2D eigenvalue weighted by Crippen LogP contribution is -2.32. The lowest BCUT2D eigenvalue weighted by atomic mass is 9.98. The topological polar surface area (TPSA) is 119 Å². The molecule has 0 saturated heterocycles. The Morgan fingerprint density at radius 2 is 2.00 bits per heavy atom. The normalized spacial score (nSPS) is 12.9. The number of nitrogens with two attached hydrogens (primary N) is 1. The van der Waals surface area contributed by atoms with E-state index in [1.54, 1.807) is 16.8 Å². The van der Waals surface area contributed by atoms with Gasteiger partial charge in [0.05, 0.1) is 17.7 Å². The van der Waals surface area contributed by atoms with Gasteiger partial charge < -0.3 is 11.1 Å². The molecule has 1 aromatic carbocycles. The first-order valence-corrected chi connectivity index (χ1v) is 8.91. The number of amides is 1. The van der Waals surface area contributed by atoms with E-state index in [2.05, 4.69) is 20.4 Å². The van der Waals surface area contributed by atoms with Crippen LogP contribution in [0.1, 0.15) is 26.3 Å². The van der Waals surface area contributed by atoms with Gasteiger partial charge in [0.15, 0.2) is 5.65 Å². The van der Waals surface area contributed by atoms with Gasteiger partial charge in [-0.15, -0.1) is 0 Å². The quantitative estimate of drug-likeness (QED) is 0.597. The molecule has 0 aliphatic carbocycles. The molecule has 2 aromatic heterocycles. The fourth-order valence-electron chi connectivity index (χ4n) is 2.89. The van der Waals surface area contributed by atoms with Crippen LogP contribution in [-0.2, 0) is 16.8 Å². The van der Waals surface area contributed by atoms with Gasteiger partial charge in [0.1, 0.15) is 11.2 Å². The Hall–Kier alpha value is -3.23. The van der Waals surface area contributed by atoms with Gasteiger partial charge in [-0.2, -0.15) is 10.1 Å². The minimum absolute atomic E-state index is 0.171. The van der Waals surface area contributed by atoms with Crippen LogP contribution in [0.15, 0.2) is 35.3 Å². The summed E-state index contributed by atoms with van der Waals surface area (Å²) in [6.07, 6.45) is 1.83. The third kappa shape index (κ3) is 4.19. The van der Waals surface area contributed by atoms with Gasteiger partial charge in [-0.05, 0) is 44.9 Å². The van der Waals surface area contributed by atoms with Crippen molar-refractivity contribution < 1.29 is 9.18 Å². The molecular formula is C19H23FN6O2. The number of nitrogens with zero attached hydrogens (tertiary/aromatic N) is 3. The number of hydrogen-bond donors (Lipinski definition) is 3. The van der Waals surface area contributed by atoms with Gasteiger partial charge in [0, 0.05) is 6.54 Å². The molecule has 1 atom stereocenters. The molecule has 0 aliphatic heterocycles. The van der Waals surface area contributed by atoms with Crippen LogP contribution in [0.25, 0.3) is 11.0 Å². The van der Waals surface area contributed by atoms with Crippen molar-refractivity contribution in [1.29, 1.82) is 0 Å². The Bertz CT molecular complexity index is 1050. The van der Waals surface area contributed by atoms with Crippen LogP contribution in [0.3, 0.4) is 0 Å². The molecule has 1 unspecified atom stereocenters. The summed E-state index contributed by atoms with van der Waals surface area (Å²) in [7, 11) is 0. The second-order valence-electron chi connectivity index (χ2n) is 7.69. The van der Waals surface area contributed by atoms with E-state index in [0.29, 0.717) is 17.5 Å². The number of aromatic amines is 1. The monoisotopic (exact) mass is 386 g/mol. The minimum Gasteiger partial charge on any atom is -0.369 e. The number of halogens is 1. The number of benzene rings is 1. The van der Waals surface area contributed by atoms with Crippen LogP contribution >= 0.6 is 0 Å². The average Bonchev–Trinajstić information content (AvgIpc) is 3.05. The maximum absolute atomic E-state index is 13.1. The highest BCUT2D eigenvalue weighted by atomic mass is 19.1. The van der Waals surface area contributed by atoms with Crippen LogP contribution < -0.4 is 16.6 Å². The molecule has 0 saturated carbocycles. The molecule has 0 radical (unpaired) electrons. The van der Waals surface area contributed by atoms with Crippen molar-refractivity contribution in [3.8, 4) is 0 Å². The number of aromatic nitrogens is 4. The number of anilines is 1. The van der Waals surface area contributed by atoms with Crippen LogP contribution in [0, 0.1) is 11.7 Å². The molecule has 3 rings (SSSR count). The summed E-state index contributed by atoms with van der Waals surface area (Å²) in [5.74, 6) is -1.17. The highest BCUT2D eigenvalue weighted by Gasteiger charge is 2.21. The lowest BCUT2D eigenvalue weighted by Gasteiger charge is -2.20. The Morgan fingerprint density at radius 3 is 2.61 bits per heavy atom. The first-order chi connectivity index (χ1) is 13.1. The third-order valence-electron chi connectivity index (χ3n) is 4.39. The number of fused-ring (bicyclic) bond motifs is 1. The second-order valence-corrected chi connectivity index (χ2v) is 7.69. The molecule has 2 heterocycles. The van der Waals surface area contributed by atoms with E-state index in [0.717, 1.165) is 5.56 Å². The molecular weight excluding hydrogens is 363 g/mol. The molecule has 0 bridgehead atoms. The molecule has 28 heavy (non-hydrogen) atoms. The van der Waals surface area contributed by atoms with Crippen LogP contribution in [-0.4, -0.2) is 32.2 Å². The van der Waals surface area contributed by atoms with Gasteiger partial charge in [-0.1, -0.05) is 12.1 Å². The number of nitrogens with one attached hydrogen (secondary N) is 2. The van der Waals surface area contributed by atoms with Gasteiger partial charge in [-0.25, -0.2) is 9.07 Å². The smallest absolute Gasteiger partial charge is 0.263 e. The van der Waals surface area contributed by atoms with E-state index in [4.69, 9.17) is 5.73 Å². The lowest BCUT2D eigenvalue weighted by molar-refractivity contribution is -0.121. The molecule has 0 aliphatic rings. The van der Waals surface area contributed by atoms with Crippen molar-refractivity contribution in [2.24, 2.45) is 11.7 Å². The van der Waals surface area contributed by atoms with Crippen LogP contribution in [0.4, 0.5) is 10.3 Å². The molecule has 4 N–H and O–H groups in total. The maximum atomic E-state index is 13.1. The predicted octanol–water partition coefficient (Wildman–Crippen LogP) is 1.77. The zero-order chi connectivity index (χ0) is 20.5. The van der Waals surface area contributed by atoms with E-state index in [1.807, 2.05) is 20.8 Å². The third-order valence-corrected chi connectivity index (χ3v) is 4.39. The summed E-state index contributed by atoms with van der Waals surface area (Å²) >= 11 is 0. The van der Waals surface area contributed by atoms with Gasteiger partial charge in [0.25, 0.3) is 5.56 Å². The number of H-pyrrole nitrogens is 1. The van der Waals surface area contributed by atoms with Crippen molar-refractivity contribution in [2.75, 3.05) is 11.9 Å². The zero-order valence-corrected chi connectivity index (χ0v) is 16.0. The van der Waals surface area contributed by atoms with Crippen molar-refractivity contribution >= 4 is 22.9 Å². The van der Waals surface area contributed by atoms with Gasteiger partial charge >= 0.3 is 0 Å². The Balaban J connectivity index is 1.81. The highest BCUT2D eigenvalue weighted by molar-refractivity contribution is 5.78. The van der Waals surface area contributed by atoms with E-state index >= 15 is 0 Å². The molecule has 9 heteroatoms. The largest absolute Gasteiger partial charge is 0.369 e. The van der Waals surface area contributed by atoms with Crippen molar-refractivity contribution in [1.82, 2.24) is 19.7 Å². The number of primary amides is 1. The van der Waals surface area contributed by atoms with Gasteiger partial charge in [0.2, 0.25) is 11.9 Å². The minimum atomic E-state index is -0.556. The Labute approximate surface area is 161 Å². The fourth-order valence-corrected chi connectivity index (χ4v) is 2.89. The standard InChI is InChI=1S/C19H23FN6O2/c1-19(2,3)26-16-14(10-23-26)17(28)25-18(24-16)22-9-12(15(21)27)8-11-4-6-13(20)7-5-11/h4-7,10,12H,8-9H2,1-3H3,(H2,21,27)(H2,22,24,25,28). The first kappa shape index (κ1) is 19.5.